The highest BCUT2D eigenvalue weighted by molar-refractivity contribution is 5.70. The summed E-state index contributed by atoms with van der Waals surface area (Å²) in [6.07, 6.45) is 3.93. The molecule has 0 spiro atoms. The highest BCUT2D eigenvalue weighted by Crippen LogP contribution is 2.20. The van der Waals surface area contributed by atoms with Crippen molar-refractivity contribution < 1.29 is 9.90 Å². The number of hydrogen-bond acceptors (Lipinski definition) is 4. The first-order chi connectivity index (χ1) is 10.1. The topological polar surface area (TPSA) is 100 Å². The van der Waals surface area contributed by atoms with Crippen LogP contribution >= 0.6 is 0 Å². The van der Waals surface area contributed by atoms with E-state index in [2.05, 4.69) is 15.3 Å². The number of piperidine rings is 1. The molecular weight excluding hydrogens is 272 g/mol. The lowest BCUT2D eigenvalue weighted by Gasteiger charge is -2.23. The maximum atomic E-state index is 11.9. The van der Waals surface area contributed by atoms with Crippen molar-refractivity contribution in [1.29, 1.82) is 0 Å². The number of pyridine rings is 1. The van der Waals surface area contributed by atoms with Gasteiger partial charge >= 0.3 is 11.7 Å². The van der Waals surface area contributed by atoms with Gasteiger partial charge in [0.15, 0.2) is 5.65 Å². The first kappa shape index (κ1) is 15.2. The first-order valence-corrected chi connectivity index (χ1v) is 7.11. The van der Waals surface area contributed by atoms with Crippen LogP contribution in [0.1, 0.15) is 32.2 Å². The molecule has 0 unspecified atom stereocenters. The van der Waals surface area contributed by atoms with Crippen LogP contribution in [0.3, 0.4) is 0 Å². The van der Waals surface area contributed by atoms with Gasteiger partial charge in [0.25, 0.3) is 0 Å². The zero-order valence-corrected chi connectivity index (χ0v) is 12.0. The van der Waals surface area contributed by atoms with Crippen molar-refractivity contribution in [2.45, 2.75) is 32.2 Å². The summed E-state index contributed by atoms with van der Waals surface area (Å²) in [6.45, 7) is 3.55. The van der Waals surface area contributed by atoms with Gasteiger partial charge in [-0.1, -0.05) is 6.92 Å². The molecule has 3 rings (SSSR count). The number of carbonyl (C=O) groups is 1. The normalized spacial score (nSPS) is 15.5. The zero-order chi connectivity index (χ0) is 15.2. The summed E-state index contributed by atoms with van der Waals surface area (Å²) in [6, 6.07) is 4.11. The number of aromatic nitrogens is 3. The van der Waals surface area contributed by atoms with Crippen LogP contribution in [-0.2, 0) is 4.79 Å². The Labute approximate surface area is 122 Å². The van der Waals surface area contributed by atoms with Crippen molar-refractivity contribution in [2.24, 2.45) is 0 Å². The molecule has 0 aliphatic carbocycles. The predicted octanol–water partition coefficient (Wildman–Crippen LogP) is 1.13. The molecule has 21 heavy (non-hydrogen) atoms. The molecule has 0 atom stereocenters. The minimum Gasteiger partial charge on any atom is -0.481 e. The average molecular weight is 292 g/mol. The number of imidazole rings is 1. The Balaban J connectivity index is 0.000000282. The second-order valence-corrected chi connectivity index (χ2v) is 4.90. The Kier molecular flexibility index (Phi) is 5.10. The van der Waals surface area contributed by atoms with Gasteiger partial charge in [-0.25, -0.2) is 9.78 Å². The molecule has 2 aromatic heterocycles. The van der Waals surface area contributed by atoms with Gasteiger partial charge in [-0.3, -0.25) is 14.3 Å². The van der Waals surface area contributed by atoms with Crippen LogP contribution in [-0.4, -0.2) is 38.7 Å². The lowest BCUT2D eigenvalue weighted by Crippen LogP contribution is -2.33. The fourth-order valence-electron chi connectivity index (χ4n) is 2.39. The van der Waals surface area contributed by atoms with E-state index in [-0.39, 0.29) is 12.1 Å². The lowest BCUT2D eigenvalue weighted by atomic mass is 10.1. The van der Waals surface area contributed by atoms with Gasteiger partial charge in [0.2, 0.25) is 0 Å². The summed E-state index contributed by atoms with van der Waals surface area (Å²) < 4.78 is 1.85. The Hall–Kier alpha value is -2.15. The smallest absolute Gasteiger partial charge is 0.327 e. The third-order valence-electron chi connectivity index (χ3n) is 3.47. The van der Waals surface area contributed by atoms with Gasteiger partial charge in [-0.05, 0) is 38.1 Å². The van der Waals surface area contributed by atoms with Crippen molar-refractivity contribution in [2.75, 3.05) is 13.1 Å². The Morgan fingerprint density at radius 2 is 2.14 bits per heavy atom. The molecule has 1 saturated heterocycles. The number of carboxylic acid groups (broad SMARTS) is 1. The second-order valence-electron chi connectivity index (χ2n) is 4.90. The zero-order valence-electron chi connectivity index (χ0n) is 12.0. The summed E-state index contributed by atoms with van der Waals surface area (Å²) in [7, 11) is 0. The minimum absolute atomic E-state index is 0.0411. The number of nitrogens with zero attached hydrogens (tertiary/aromatic N) is 2. The van der Waals surface area contributed by atoms with E-state index in [1.807, 2.05) is 16.7 Å². The van der Waals surface area contributed by atoms with Gasteiger partial charge in [0, 0.05) is 18.7 Å². The summed E-state index contributed by atoms with van der Waals surface area (Å²) >= 11 is 0. The summed E-state index contributed by atoms with van der Waals surface area (Å²) in [5.74, 6) is -0.745. The molecule has 114 valence electrons. The molecule has 1 aliphatic rings. The van der Waals surface area contributed by atoms with Crippen LogP contribution in [0, 0.1) is 0 Å². The van der Waals surface area contributed by atoms with Gasteiger partial charge in [0.05, 0.1) is 5.52 Å². The van der Waals surface area contributed by atoms with Crippen molar-refractivity contribution in [3.8, 4) is 0 Å². The standard InChI is InChI=1S/C11H14N4O.C3H6O2/c16-11-14-10-9(2-1-5-13-10)15(11)8-3-6-12-7-4-8;1-2-3(4)5/h1-2,5,8,12H,3-4,6-7H2,(H,13,14,16);2H2,1H3,(H,4,5). The highest BCUT2D eigenvalue weighted by atomic mass is 16.4. The molecule has 2 aromatic rings. The average Bonchev–Trinajstić information content (AvgIpc) is 2.84. The number of aromatic amines is 1. The van der Waals surface area contributed by atoms with Gasteiger partial charge in [-0.15, -0.1) is 0 Å². The number of H-pyrrole nitrogens is 1. The number of nitrogens with one attached hydrogen (secondary N) is 2. The fraction of sp³-hybridized carbons (Fsp3) is 0.500. The van der Waals surface area contributed by atoms with Gasteiger partial charge in [0.1, 0.15) is 0 Å². The summed E-state index contributed by atoms with van der Waals surface area (Å²) in [5.41, 5.74) is 1.56. The molecule has 0 radical (unpaired) electrons. The summed E-state index contributed by atoms with van der Waals surface area (Å²) in [5, 5.41) is 11.0. The van der Waals surface area contributed by atoms with Crippen LogP contribution in [0.5, 0.6) is 0 Å². The molecule has 0 amide bonds. The third-order valence-corrected chi connectivity index (χ3v) is 3.47. The van der Waals surface area contributed by atoms with Crippen molar-refractivity contribution in [3.63, 3.8) is 0 Å². The monoisotopic (exact) mass is 292 g/mol. The van der Waals surface area contributed by atoms with E-state index in [1.54, 1.807) is 13.1 Å². The number of fused-ring (bicyclic) bond motifs is 1. The number of aliphatic carboxylic acids is 1. The van der Waals surface area contributed by atoms with Crippen LogP contribution in [0.15, 0.2) is 23.1 Å². The lowest BCUT2D eigenvalue weighted by molar-refractivity contribution is -0.136. The second kappa shape index (κ2) is 7.03. The molecular formula is C14H20N4O3. The maximum Gasteiger partial charge on any atom is 0.327 e. The largest absolute Gasteiger partial charge is 0.481 e. The molecule has 0 aromatic carbocycles. The maximum absolute atomic E-state index is 11.9. The highest BCUT2D eigenvalue weighted by Gasteiger charge is 2.19. The molecule has 7 heteroatoms. The van der Waals surface area contributed by atoms with Crippen molar-refractivity contribution in [3.05, 3.63) is 28.8 Å². The van der Waals surface area contributed by atoms with E-state index < -0.39 is 5.97 Å². The molecule has 1 aliphatic heterocycles. The molecule has 0 saturated carbocycles. The number of carboxylic acids is 1. The van der Waals surface area contributed by atoms with E-state index in [9.17, 15) is 9.59 Å². The molecule has 3 N–H and O–H groups in total. The van der Waals surface area contributed by atoms with Crippen molar-refractivity contribution >= 4 is 17.1 Å². The van der Waals surface area contributed by atoms with Crippen LogP contribution in [0.2, 0.25) is 0 Å². The van der Waals surface area contributed by atoms with E-state index >= 15 is 0 Å². The fourth-order valence-corrected chi connectivity index (χ4v) is 2.39. The van der Waals surface area contributed by atoms with Gasteiger partial charge < -0.3 is 10.4 Å². The molecule has 0 bridgehead atoms. The molecule has 3 heterocycles. The Morgan fingerprint density at radius 1 is 1.48 bits per heavy atom. The Morgan fingerprint density at radius 3 is 2.76 bits per heavy atom. The SMILES string of the molecule is CCC(=O)O.O=c1[nH]c2ncccc2n1C1CCNCC1. The van der Waals surface area contributed by atoms with E-state index in [1.165, 1.54) is 0 Å². The number of rotatable bonds is 2. The first-order valence-electron chi connectivity index (χ1n) is 7.11. The van der Waals surface area contributed by atoms with Gasteiger partial charge in [-0.2, -0.15) is 0 Å². The minimum atomic E-state index is -0.745. The van der Waals surface area contributed by atoms with Crippen molar-refractivity contribution in [1.82, 2.24) is 19.9 Å². The van der Waals surface area contributed by atoms with E-state index in [0.717, 1.165) is 31.4 Å². The molecule has 1 fully saturated rings. The van der Waals surface area contributed by atoms with Crippen LogP contribution in [0.4, 0.5) is 0 Å². The molecule has 7 nitrogen and oxygen atoms in total. The predicted molar refractivity (Wildman–Crippen MR) is 79.4 cm³/mol. The van der Waals surface area contributed by atoms with E-state index in [0.29, 0.717) is 11.7 Å². The Bertz CT molecular complexity index is 656. The third kappa shape index (κ3) is 3.69. The summed E-state index contributed by atoms with van der Waals surface area (Å²) in [4.78, 5) is 28.2. The number of hydrogen-bond donors (Lipinski definition) is 3. The van der Waals surface area contributed by atoms with Crippen LogP contribution < -0.4 is 11.0 Å². The quantitative estimate of drug-likeness (QED) is 0.770. The van der Waals surface area contributed by atoms with Crippen LogP contribution in [0.25, 0.3) is 11.2 Å². The van der Waals surface area contributed by atoms with E-state index in [4.69, 9.17) is 5.11 Å².